The minimum atomic E-state index is -4.33. The first kappa shape index (κ1) is 66.9. The first-order valence-electron chi connectivity index (χ1n) is 33.5. The molecule has 16 rings (SSSR count). The van der Waals surface area contributed by atoms with Crippen LogP contribution in [0.5, 0.6) is 0 Å². The van der Waals surface area contributed by atoms with Crippen LogP contribution in [0.2, 0.25) is 0 Å². The number of carbonyl (C=O) groups is 2. The fraction of sp³-hybridized carbons (Fsp3) is 0.301. The van der Waals surface area contributed by atoms with Crippen LogP contribution in [0.25, 0.3) is 21.5 Å². The van der Waals surface area contributed by atoms with E-state index >= 15 is 0 Å². The minimum Gasteiger partial charge on any atom is -0.469 e. The van der Waals surface area contributed by atoms with Gasteiger partial charge in [0.05, 0.1) is 34.5 Å². The Morgan fingerprint density at radius 1 is 0.426 bits per heavy atom. The van der Waals surface area contributed by atoms with E-state index in [9.17, 15) is 22.8 Å². The molecule has 4 aliphatic carbocycles. The Hall–Kier alpha value is -7.15. The molecule has 0 aromatic heterocycles. The number of ether oxygens (including phenoxy) is 2. The second-order valence-corrected chi connectivity index (χ2v) is 34.0. The summed E-state index contributed by atoms with van der Waals surface area (Å²) < 4.78 is 50.0. The van der Waals surface area contributed by atoms with Gasteiger partial charge in [-0.2, -0.15) is 13.2 Å². The molecule has 0 N–H and O–H groups in total. The van der Waals surface area contributed by atoms with E-state index in [4.69, 9.17) is 9.47 Å². The van der Waals surface area contributed by atoms with E-state index in [-0.39, 0.29) is 28.9 Å². The van der Waals surface area contributed by atoms with Crippen LogP contribution in [-0.2, 0) is 81.7 Å². The highest BCUT2D eigenvalue weighted by molar-refractivity contribution is 7.98. The number of halogens is 3. The molecule has 10 aromatic carbocycles. The zero-order chi connectivity index (χ0) is 64.8. The molecule has 0 spiro atoms. The van der Waals surface area contributed by atoms with E-state index in [1.54, 1.807) is 11.0 Å². The molecular weight excluding hydrogens is 1250 g/mol. The number of fused-ring (bicyclic) bond motifs is 2. The minimum absolute atomic E-state index is 0.0249. The van der Waals surface area contributed by atoms with Gasteiger partial charge in [-0.25, -0.2) is 0 Å². The number of hydrogen-bond acceptors (Lipinski definition) is 4. The Kier molecular flexibility index (Phi) is 22.8. The molecule has 94 heavy (non-hydrogen) atoms. The fourth-order valence-corrected chi connectivity index (χ4v) is 24.1. The summed E-state index contributed by atoms with van der Waals surface area (Å²) in [5.74, 6) is 8.41. The normalized spacial score (nSPS) is 19.0. The first-order chi connectivity index (χ1) is 45.9. The van der Waals surface area contributed by atoms with Crippen molar-refractivity contribution in [2.45, 2.75) is 142 Å². The smallest absolute Gasteiger partial charge is 0.416 e. The van der Waals surface area contributed by atoms with Gasteiger partial charge in [0.1, 0.15) is 29.1 Å². The van der Waals surface area contributed by atoms with Gasteiger partial charge in [-0.1, -0.05) is 140 Å². The predicted molar refractivity (Wildman–Crippen MR) is 385 cm³/mol. The van der Waals surface area contributed by atoms with Crippen LogP contribution in [0, 0.1) is 30.6 Å². The van der Waals surface area contributed by atoms with E-state index in [0.29, 0.717) is 51.4 Å². The van der Waals surface area contributed by atoms with Crippen LogP contribution in [0.15, 0.2) is 282 Å². The molecule has 6 fully saturated rings. The van der Waals surface area contributed by atoms with Crippen molar-refractivity contribution in [3.63, 3.8) is 0 Å². The Bertz CT molecular complexity index is 3990. The standard InChI is InChI=1S/C27H33O2S.C19H14F3S.C19H17S.C18H21O2S/c28-26(29-27-21-14-18-13-19(16-21)17-22(27)15-18)10-8-20-7-9-25(30-11-3-4-12-30)24-6-2-1-5-23(20)24;20-19(21,22)15-8-7-13-18(14-15)23(16-9-3-1-4-10-16)17-11-5-2-6-12-17;1-16-9-8-14-19(15-16)20(17-10-4-2-5-11-17)18-12-6-3-7-13-18;1-20-18(19)11-9-14-8-10-17(21-12-4-5-13-21)16-7-3-2-6-15(14)16/h1-2,5-7,9,18-19,21-22,27H,3-4,8,10-17H2;1-14H;2-15H,1H3;2-3,6-8,10H,4-5,9,11-13H2,1H3/q4*+1. The Balaban J connectivity index is 0.000000122. The molecule has 0 radical (unpaired) electrons. The maximum absolute atomic E-state index is 13.0. The molecule has 4 bridgehead atoms. The number of methoxy groups -OCH3 is 1. The van der Waals surface area contributed by atoms with E-state index in [2.05, 4.69) is 165 Å². The second-order valence-electron chi connectivity index (χ2n) is 25.4. The van der Waals surface area contributed by atoms with Crippen LogP contribution in [-0.4, -0.2) is 48.2 Å². The van der Waals surface area contributed by atoms with Gasteiger partial charge in [0.25, 0.3) is 0 Å². The molecule has 11 heteroatoms. The summed E-state index contributed by atoms with van der Waals surface area (Å²) in [5.41, 5.74) is 3.26. The van der Waals surface area contributed by atoms with E-state index < -0.39 is 22.6 Å². The van der Waals surface area contributed by atoms with Gasteiger partial charge < -0.3 is 9.47 Å². The predicted octanol–water partition coefficient (Wildman–Crippen LogP) is 20.5. The summed E-state index contributed by atoms with van der Waals surface area (Å²) in [6.07, 6.45) is 10.5. The summed E-state index contributed by atoms with van der Waals surface area (Å²) in [6.45, 7) is 2.15. The van der Waals surface area contributed by atoms with Crippen molar-refractivity contribution in [2.75, 3.05) is 30.1 Å². The van der Waals surface area contributed by atoms with Crippen molar-refractivity contribution in [1.82, 2.24) is 0 Å². The van der Waals surface area contributed by atoms with E-state index in [1.807, 2.05) is 60.7 Å². The van der Waals surface area contributed by atoms with Crippen molar-refractivity contribution in [2.24, 2.45) is 23.7 Å². The SMILES string of the molecule is COC(=O)CCc1ccc([S+]2CCCC2)c2ccccc12.Cc1cccc([S+](c2ccccc2)c2ccccc2)c1.FC(F)(F)c1cccc([S+](c2ccccc2)c2ccccc2)c1.O=C(CCc1ccc([S+]2CCCC2)c2ccccc12)OC1C2CC3CC(C2)CC1C3. The third-order valence-electron chi connectivity index (χ3n) is 19.0. The highest BCUT2D eigenvalue weighted by Gasteiger charge is 2.50. The average Bonchev–Trinajstić information content (AvgIpc) is 0.825. The molecule has 0 unspecified atom stereocenters. The third-order valence-corrected chi connectivity index (χ3v) is 28.5. The molecule has 0 atom stereocenters. The van der Waals surface area contributed by atoms with Gasteiger partial charge >= 0.3 is 18.1 Å². The van der Waals surface area contributed by atoms with E-state index in [0.717, 1.165) is 40.5 Å². The van der Waals surface area contributed by atoms with Gasteiger partial charge in [0, 0.05) is 51.5 Å². The lowest BCUT2D eigenvalue weighted by Crippen LogP contribution is -2.50. The summed E-state index contributed by atoms with van der Waals surface area (Å²) in [7, 11) is 1.70. The number of aryl methyl sites for hydroxylation is 3. The number of carbonyl (C=O) groups excluding carboxylic acids is 2. The van der Waals surface area contributed by atoms with Crippen molar-refractivity contribution in [1.29, 1.82) is 0 Å². The molecule has 4 saturated carbocycles. The highest BCUT2D eigenvalue weighted by Crippen LogP contribution is 2.55. The molecular formula is C83H85F3O4S4+4. The largest absolute Gasteiger partial charge is 0.469 e. The Labute approximate surface area is 565 Å². The van der Waals surface area contributed by atoms with Crippen LogP contribution in [0.1, 0.15) is 92.9 Å². The third kappa shape index (κ3) is 16.7. The molecule has 6 aliphatic rings. The lowest BCUT2D eigenvalue weighted by molar-refractivity contribution is -0.170. The van der Waals surface area contributed by atoms with Gasteiger partial charge in [-0.3, -0.25) is 9.59 Å². The Morgan fingerprint density at radius 3 is 1.20 bits per heavy atom. The maximum atomic E-state index is 13.0. The Morgan fingerprint density at radius 2 is 0.798 bits per heavy atom. The van der Waals surface area contributed by atoms with Crippen LogP contribution in [0.4, 0.5) is 13.2 Å². The van der Waals surface area contributed by atoms with E-state index in [1.165, 1.54) is 158 Å². The quantitative estimate of drug-likeness (QED) is 0.0758. The molecule has 482 valence electrons. The van der Waals surface area contributed by atoms with Crippen LogP contribution < -0.4 is 0 Å². The van der Waals surface area contributed by atoms with Gasteiger partial charge in [-0.05, 0) is 226 Å². The average molecular weight is 1330 g/mol. The van der Waals surface area contributed by atoms with Crippen LogP contribution in [0.3, 0.4) is 0 Å². The molecule has 2 heterocycles. The number of rotatable bonds is 15. The van der Waals surface area contributed by atoms with Crippen molar-refractivity contribution < 1.29 is 32.2 Å². The molecule has 4 nitrogen and oxygen atoms in total. The zero-order valence-electron chi connectivity index (χ0n) is 53.9. The number of esters is 2. The summed E-state index contributed by atoms with van der Waals surface area (Å²) in [6, 6.07) is 81.8. The first-order valence-corrected chi connectivity index (χ1v) is 39.1. The summed E-state index contributed by atoms with van der Waals surface area (Å²) in [5, 5.41) is 5.44. The highest BCUT2D eigenvalue weighted by atomic mass is 32.2. The number of benzene rings is 10. The fourth-order valence-electron chi connectivity index (χ4n) is 14.8. The maximum Gasteiger partial charge on any atom is 0.416 e. The monoisotopic (exact) mass is 1330 g/mol. The molecule has 2 saturated heterocycles. The lowest BCUT2D eigenvalue weighted by atomic mass is 9.55. The zero-order valence-corrected chi connectivity index (χ0v) is 57.2. The van der Waals surface area contributed by atoms with Gasteiger partial charge in [0.2, 0.25) is 0 Å². The van der Waals surface area contributed by atoms with Gasteiger partial charge in [0.15, 0.2) is 39.2 Å². The van der Waals surface area contributed by atoms with Crippen molar-refractivity contribution in [3.8, 4) is 0 Å². The second kappa shape index (κ2) is 32.1. The topological polar surface area (TPSA) is 52.6 Å². The molecule has 10 aromatic rings. The number of hydrogen-bond donors (Lipinski definition) is 0. The molecule has 0 amide bonds. The lowest BCUT2D eigenvalue weighted by Gasteiger charge is -2.53. The van der Waals surface area contributed by atoms with Crippen molar-refractivity contribution in [3.05, 3.63) is 265 Å². The van der Waals surface area contributed by atoms with Crippen molar-refractivity contribution >= 4 is 77.1 Å². The number of alkyl halides is 3. The summed E-state index contributed by atoms with van der Waals surface area (Å²) >= 11 is 0. The van der Waals surface area contributed by atoms with Crippen LogP contribution >= 0.6 is 0 Å². The molecule has 2 aliphatic heterocycles. The summed E-state index contributed by atoms with van der Waals surface area (Å²) in [4.78, 5) is 34.0. The van der Waals surface area contributed by atoms with Gasteiger partial charge in [-0.15, -0.1) is 0 Å².